The van der Waals surface area contributed by atoms with Crippen molar-refractivity contribution in [3.63, 3.8) is 0 Å². The zero-order valence-corrected chi connectivity index (χ0v) is 40.3. The summed E-state index contributed by atoms with van der Waals surface area (Å²) >= 11 is 0. The number of benzene rings is 2. The molecule has 6 rings (SSSR count). The Kier molecular flexibility index (Phi) is 14.5. The van der Waals surface area contributed by atoms with Gasteiger partial charge in [0.2, 0.25) is 32.0 Å². The first-order chi connectivity index (χ1) is 30.7. The van der Waals surface area contributed by atoms with Crippen molar-refractivity contribution in [3.05, 3.63) is 88.1 Å². The van der Waals surface area contributed by atoms with Crippen LogP contribution in [-0.2, 0) is 40.6 Å². The van der Waals surface area contributed by atoms with Gasteiger partial charge < -0.3 is 24.7 Å². The zero-order valence-electron chi connectivity index (χ0n) is 38.6. The minimum Gasteiger partial charge on any atom is -0.483 e. The standard InChI is InChI=1S/C24H33F2N3O6S.C19H19F2N5O4S/c1-15(25)12-16-10-11-18(26)17(13-16)24(8)14-36(32,33)28(9)19(27-24)29(20(30)34-22(2,3)4)21(31)35-23(5,6)7;1-19(10-31(27,28)26(2)18(22)25-19)12-7-11(3-4-13(12)20)8-14(21)16-23-9-15-17(24-16)30-6-5-29-15/h10-13H,14H2,1-9H3;3-4,7-9H,5-6,10H2,1-2H3,(H2,22,25)/b15-12-;14-8-/t24-;19-/m00/s1. The average Bonchev–Trinajstić information content (AvgIpc) is 3.18. The molecule has 18 nitrogen and oxygen atoms in total. The minimum atomic E-state index is -4.23. The summed E-state index contributed by atoms with van der Waals surface area (Å²) < 4.78 is 132. The molecule has 0 saturated carbocycles. The second-order valence-electron chi connectivity index (χ2n) is 17.9. The number of amides is 2. The number of hydrogen-bond acceptors (Lipinski definition) is 15. The van der Waals surface area contributed by atoms with Crippen LogP contribution < -0.4 is 15.2 Å². The fraction of sp³-hybridized carbons (Fsp3) is 0.442. The fourth-order valence-electron chi connectivity index (χ4n) is 6.66. The predicted molar refractivity (Wildman–Crippen MR) is 241 cm³/mol. The van der Waals surface area contributed by atoms with Crippen molar-refractivity contribution >= 4 is 62.1 Å². The number of aromatic nitrogens is 2. The number of allylic oxidation sites excluding steroid dienone is 1. The highest BCUT2D eigenvalue weighted by Crippen LogP contribution is 2.37. The second-order valence-corrected chi connectivity index (χ2v) is 21.9. The molecule has 3 aromatic rings. The summed E-state index contributed by atoms with van der Waals surface area (Å²) in [5.41, 5.74) is 0.699. The number of nitrogens with zero attached hydrogens (tertiary/aromatic N) is 7. The molecule has 2 atom stereocenters. The van der Waals surface area contributed by atoms with Gasteiger partial charge in [-0.05, 0) is 110 Å². The Morgan fingerprint density at radius 2 is 1.27 bits per heavy atom. The van der Waals surface area contributed by atoms with Crippen LogP contribution in [0.2, 0.25) is 0 Å². The molecule has 0 saturated heterocycles. The number of fused-ring (bicyclic) bond motifs is 1. The van der Waals surface area contributed by atoms with Crippen LogP contribution in [0.25, 0.3) is 18.0 Å². The molecule has 0 aliphatic carbocycles. The van der Waals surface area contributed by atoms with E-state index in [1.165, 1.54) is 58.3 Å². The van der Waals surface area contributed by atoms with Crippen molar-refractivity contribution in [2.24, 2.45) is 15.7 Å². The normalized spacial score (nSPS) is 21.5. The maximum atomic E-state index is 15.0. The van der Waals surface area contributed by atoms with E-state index in [0.717, 1.165) is 35.6 Å². The summed E-state index contributed by atoms with van der Waals surface area (Å²) in [4.78, 5) is 43.1. The molecule has 24 heteroatoms. The molecule has 2 amide bonds. The van der Waals surface area contributed by atoms with Crippen LogP contribution in [0.15, 0.2) is 58.4 Å². The number of nitrogens with two attached hydrogens (primary N) is 1. The molecule has 2 N–H and O–H groups in total. The number of sulfonamides is 2. The number of halogens is 4. The van der Waals surface area contributed by atoms with Gasteiger partial charge in [0.05, 0.1) is 23.5 Å². The lowest BCUT2D eigenvalue weighted by atomic mass is 9.92. The average molecular weight is 981 g/mol. The van der Waals surface area contributed by atoms with Gasteiger partial charge in [-0.2, -0.15) is 4.98 Å². The molecule has 67 heavy (non-hydrogen) atoms. The molecule has 3 aliphatic rings. The minimum absolute atomic E-state index is 0.0308. The fourth-order valence-corrected chi connectivity index (χ4v) is 9.61. The van der Waals surface area contributed by atoms with Gasteiger partial charge in [0.25, 0.3) is 5.88 Å². The third kappa shape index (κ3) is 12.2. The maximum absolute atomic E-state index is 15.0. The lowest BCUT2D eigenvalue weighted by Gasteiger charge is -2.39. The molecule has 1 aromatic heterocycles. The van der Waals surface area contributed by atoms with Gasteiger partial charge >= 0.3 is 12.2 Å². The lowest BCUT2D eigenvalue weighted by molar-refractivity contribution is 0.0132. The SMILES string of the molecule is C/C(F)=C/c1ccc(F)c([C@]2(C)CS(=O)(=O)N(C)C(N(C(=O)OC(C)(C)C)C(=O)OC(C)(C)C)=N2)c1.CN1C(N)=N[C@](C)(c2cc(/C=C(\F)c3ncc4c(n3)OCCO4)ccc2F)CS1(=O)=O. The number of imide groups is 1. The van der Waals surface area contributed by atoms with Crippen LogP contribution in [-0.4, -0.2) is 114 Å². The number of guanidine groups is 2. The smallest absolute Gasteiger partial charge is 0.427 e. The van der Waals surface area contributed by atoms with Gasteiger partial charge in [-0.15, -0.1) is 4.90 Å². The molecular formula is C43H52F4N8O10S2. The molecule has 0 spiro atoms. The Bertz CT molecular complexity index is 2780. The highest BCUT2D eigenvalue weighted by atomic mass is 32.2. The monoisotopic (exact) mass is 980 g/mol. The summed E-state index contributed by atoms with van der Waals surface area (Å²) in [5.74, 6) is -4.67. The van der Waals surface area contributed by atoms with E-state index in [4.69, 9.17) is 24.7 Å². The van der Waals surface area contributed by atoms with Gasteiger partial charge in [-0.25, -0.2) is 67.6 Å². The van der Waals surface area contributed by atoms with Crippen molar-refractivity contribution in [3.8, 4) is 11.6 Å². The molecule has 0 bridgehead atoms. The van der Waals surface area contributed by atoms with Crippen molar-refractivity contribution in [2.45, 2.75) is 84.6 Å². The van der Waals surface area contributed by atoms with Crippen LogP contribution >= 0.6 is 0 Å². The Morgan fingerprint density at radius 3 is 1.76 bits per heavy atom. The summed E-state index contributed by atoms with van der Waals surface area (Å²) in [6.07, 6.45) is 1.10. The first-order valence-corrected chi connectivity index (χ1v) is 23.5. The first-order valence-electron chi connectivity index (χ1n) is 20.3. The highest BCUT2D eigenvalue weighted by molar-refractivity contribution is 7.90. The molecule has 0 fully saturated rings. The number of ether oxygens (including phenoxy) is 4. The number of carbonyl (C=O) groups is 2. The van der Waals surface area contributed by atoms with Crippen molar-refractivity contribution in [1.82, 2.24) is 23.5 Å². The molecule has 0 unspecified atom stereocenters. The first kappa shape index (κ1) is 51.7. The van der Waals surface area contributed by atoms with Gasteiger partial charge in [-0.3, -0.25) is 0 Å². The van der Waals surface area contributed by atoms with Gasteiger partial charge in [0.1, 0.15) is 47.1 Å². The molecule has 2 aromatic carbocycles. The van der Waals surface area contributed by atoms with E-state index in [9.17, 15) is 44.0 Å². The number of rotatable bonds is 5. The van der Waals surface area contributed by atoms with E-state index >= 15 is 0 Å². The lowest BCUT2D eigenvalue weighted by Crippen LogP contribution is -2.58. The van der Waals surface area contributed by atoms with Crippen molar-refractivity contribution < 1.29 is 62.9 Å². The Labute approximate surface area is 386 Å². The molecule has 364 valence electrons. The van der Waals surface area contributed by atoms with Gasteiger partial charge in [-0.1, -0.05) is 12.1 Å². The van der Waals surface area contributed by atoms with Gasteiger partial charge in [0.15, 0.2) is 17.4 Å². The van der Waals surface area contributed by atoms with E-state index in [-0.39, 0.29) is 46.5 Å². The quantitative estimate of drug-likeness (QED) is 0.259. The van der Waals surface area contributed by atoms with E-state index in [1.54, 1.807) is 41.5 Å². The van der Waals surface area contributed by atoms with Crippen LogP contribution in [0.3, 0.4) is 0 Å². The van der Waals surface area contributed by atoms with E-state index < -0.39 is 95.3 Å². The van der Waals surface area contributed by atoms with E-state index in [2.05, 4.69) is 20.0 Å². The molecule has 3 aliphatic heterocycles. The summed E-state index contributed by atoms with van der Waals surface area (Å²) in [6.45, 7) is 14.0. The predicted octanol–water partition coefficient (Wildman–Crippen LogP) is 6.83. The van der Waals surface area contributed by atoms with E-state index in [0.29, 0.717) is 21.6 Å². The molecule has 4 heterocycles. The van der Waals surface area contributed by atoms with Crippen LogP contribution in [0.4, 0.5) is 27.2 Å². The van der Waals surface area contributed by atoms with E-state index in [1.807, 2.05) is 0 Å². The maximum Gasteiger partial charge on any atom is 0.427 e. The van der Waals surface area contributed by atoms with Crippen molar-refractivity contribution in [2.75, 3.05) is 38.8 Å². The van der Waals surface area contributed by atoms with Crippen molar-refractivity contribution in [1.29, 1.82) is 0 Å². The molecule has 0 radical (unpaired) electrons. The van der Waals surface area contributed by atoms with Crippen LogP contribution in [0.1, 0.15) is 90.4 Å². The molecular weight excluding hydrogens is 929 g/mol. The topological polar surface area (TPSA) is 226 Å². The third-order valence-corrected chi connectivity index (χ3v) is 13.6. The second kappa shape index (κ2) is 18.8. The number of carbonyl (C=O) groups excluding carboxylic acids is 2. The zero-order chi connectivity index (χ0) is 50.2. The Balaban J connectivity index is 0.000000253. The number of hydrogen-bond donors (Lipinski definition) is 1. The largest absolute Gasteiger partial charge is 0.483 e. The highest BCUT2D eigenvalue weighted by Gasteiger charge is 2.48. The van der Waals surface area contributed by atoms with Crippen LogP contribution in [0, 0.1) is 11.6 Å². The number of aliphatic imine (C=N–C) groups is 2. The Morgan fingerprint density at radius 1 is 0.791 bits per heavy atom. The summed E-state index contributed by atoms with van der Waals surface area (Å²) in [7, 11) is -5.65. The summed E-state index contributed by atoms with van der Waals surface area (Å²) in [5, 5.41) is 0. The van der Waals surface area contributed by atoms with Gasteiger partial charge in [0, 0.05) is 25.2 Å². The Hall–Kier alpha value is -6.30. The summed E-state index contributed by atoms with van der Waals surface area (Å²) in [6, 6.07) is 7.44. The van der Waals surface area contributed by atoms with Crippen LogP contribution in [0.5, 0.6) is 11.6 Å². The third-order valence-electron chi connectivity index (χ3n) is 9.74.